The third-order valence-corrected chi connectivity index (χ3v) is 2.54. The van der Waals surface area contributed by atoms with Crippen LogP contribution in [0.1, 0.15) is 11.1 Å². The van der Waals surface area contributed by atoms with Gasteiger partial charge in [-0.25, -0.2) is 0 Å². The average Bonchev–Trinajstić information content (AvgIpc) is 2.47. The van der Waals surface area contributed by atoms with E-state index in [2.05, 4.69) is 0 Å². The minimum absolute atomic E-state index is 0.380. The van der Waals surface area contributed by atoms with Crippen LogP contribution < -0.4 is 0 Å². The number of benzene rings is 1. The molecule has 0 aliphatic heterocycles. The van der Waals surface area contributed by atoms with Gasteiger partial charge >= 0.3 is 0 Å². The Morgan fingerprint density at radius 3 is 2.50 bits per heavy atom. The number of rotatable bonds is 0. The van der Waals surface area contributed by atoms with Crippen LogP contribution in [0.4, 0.5) is 0 Å². The van der Waals surface area contributed by atoms with E-state index in [9.17, 15) is 8.42 Å². The van der Waals surface area contributed by atoms with E-state index in [1.807, 2.05) is 18.2 Å². The first-order chi connectivity index (χ1) is 5.79. The molecule has 1 aliphatic carbocycles. The molecule has 0 fully saturated rings. The fraction of sp³-hybridized carbons (Fsp3) is 0. The van der Waals surface area contributed by atoms with Crippen molar-refractivity contribution < 1.29 is 8.42 Å². The quantitative estimate of drug-likeness (QED) is 0.558. The highest BCUT2D eigenvalue weighted by molar-refractivity contribution is 7.73. The molecule has 12 heavy (non-hydrogen) atoms. The second-order valence-electron chi connectivity index (χ2n) is 2.52. The first-order valence-electron chi connectivity index (χ1n) is 3.53. The summed E-state index contributed by atoms with van der Waals surface area (Å²) in [4.78, 5) is 0.380. The Hall–Kier alpha value is -1.35. The third kappa shape index (κ3) is 0.987. The third-order valence-electron chi connectivity index (χ3n) is 1.82. The van der Waals surface area contributed by atoms with Crippen LogP contribution in [0.3, 0.4) is 0 Å². The largest absolute Gasteiger partial charge is 0.222 e. The topological polar surface area (TPSA) is 34.1 Å². The second-order valence-corrected chi connectivity index (χ2v) is 3.43. The summed E-state index contributed by atoms with van der Waals surface area (Å²) >= 11 is 0. The summed E-state index contributed by atoms with van der Waals surface area (Å²) in [5.74, 6) is 0. The molecular formula is C9H6O2S. The van der Waals surface area contributed by atoms with Crippen molar-refractivity contribution >= 4 is 21.2 Å². The molecular weight excluding hydrogens is 172 g/mol. The number of fused-ring (bicyclic) bond motifs is 1. The summed E-state index contributed by atoms with van der Waals surface area (Å²) < 4.78 is 21.4. The fourth-order valence-electron chi connectivity index (χ4n) is 1.27. The highest BCUT2D eigenvalue weighted by atomic mass is 32.2. The maximum absolute atomic E-state index is 10.7. The minimum atomic E-state index is -2.12. The van der Waals surface area contributed by atoms with Crippen molar-refractivity contribution in [2.45, 2.75) is 0 Å². The van der Waals surface area contributed by atoms with Crippen molar-refractivity contribution in [1.29, 1.82) is 0 Å². The molecule has 0 radical (unpaired) electrons. The number of allylic oxidation sites excluding steroid dienone is 1. The molecule has 2 rings (SSSR count). The van der Waals surface area contributed by atoms with Crippen molar-refractivity contribution in [2.24, 2.45) is 0 Å². The summed E-state index contributed by atoms with van der Waals surface area (Å²) in [7, 11) is -2.12. The number of hydrogen-bond donors (Lipinski definition) is 0. The summed E-state index contributed by atoms with van der Waals surface area (Å²) in [5.41, 5.74) is 1.77. The summed E-state index contributed by atoms with van der Waals surface area (Å²) in [6, 6.07) is 7.42. The van der Waals surface area contributed by atoms with Crippen molar-refractivity contribution in [2.75, 3.05) is 0 Å². The molecule has 60 valence electrons. The molecule has 0 saturated heterocycles. The SMILES string of the molecule is O=S(=O)=C1C=Cc2ccccc21. The van der Waals surface area contributed by atoms with E-state index in [4.69, 9.17) is 0 Å². The summed E-state index contributed by atoms with van der Waals surface area (Å²) in [6.45, 7) is 0. The van der Waals surface area contributed by atoms with E-state index >= 15 is 0 Å². The van der Waals surface area contributed by atoms with E-state index in [-0.39, 0.29) is 0 Å². The lowest BCUT2D eigenvalue weighted by Crippen LogP contribution is -1.94. The smallest absolute Gasteiger partial charge is 0.184 e. The molecule has 0 amide bonds. The van der Waals surface area contributed by atoms with Crippen molar-refractivity contribution in [1.82, 2.24) is 0 Å². The van der Waals surface area contributed by atoms with Gasteiger partial charge in [-0.2, -0.15) is 8.42 Å². The average molecular weight is 178 g/mol. The van der Waals surface area contributed by atoms with Crippen molar-refractivity contribution in [3.05, 3.63) is 41.5 Å². The number of hydrogen-bond acceptors (Lipinski definition) is 2. The Morgan fingerprint density at radius 2 is 1.75 bits per heavy atom. The first kappa shape index (κ1) is 7.31. The molecule has 0 atom stereocenters. The monoisotopic (exact) mass is 178 g/mol. The zero-order valence-electron chi connectivity index (χ0n) is 6.19. The van der Waals surface area contributed by atoms with Gasteiger partial charge in [-0.3, -0.25) is 0 Å². The van der Waals surface area contributed by atoms with Crippen LogP contribution in [0.15, 0.2) is 30.3 Å². The second kappa shape index (κ2) is 2.60. The minimum Gasteiger partial charge on any atom is -0.184 e. The molecule has 0 bridgehead atoms. The van der Waals surface area contributed by atoms with E-state index in [0.29, 0.717) is 4.86 Å². The van der Waals surface area contributed by atoms with E-state index in [1.54, 1.807) is 18.2 Å². The maximum atomic E-state index is 10.7. The first-order valence-corrected chi connectivity index (χ1v) is 4.60. The Kier molecular flexibility index (Phi) is 1.59. The highest BCUT2D eigenvalue weighted by Gasteiger charge is 2.11. The standard InChI is InChI=1S/C9H6O2S/c10-12(11)9-6-5-7-3-1-2-4-8(7)9/h1-6H. The van der Waals surface area contributed by atoms with Crippen molar-refractivity contribution in [3.8, 4) is 0 Å². The molecule has 3 heteroatoms. The lowest BCUT2D eigenvalue weighted by molar-refractivity contribution is 0.627. The van der Waals surface area contributed by atoms with Gasteiger partial charge in [0.1, 0.15) is 4.86 Å². The van der Waals surface area contributed by atoms with Crippen LogP contribution in [0.2, 0.25) is 0 Å². The van der Waals surface area contributed by atoms with E-state index < -0.39 is 10.3 Å². The van der Waals surface area contributed by atoms with Gasteiger partial charge in [-0.1, -0.05) is 30.3 Å². The molecule has 0 unspecified atom stereocenters. The molecule has 1 aromatic rings. The van der Waals surface area contributed by atoms with Crippen LogP contribution in [-0.2, 0) is 10.3 Å². The van der Waals surface area contributed by atoms with Crippen LogP contribution in [0.25, 0.3) is 6.08 Å². The lowest BCUT2D eigenvalue weighted by Gasteiger charge is -1.94. The zero-order chi connectivity index (χ0) is 8.55. The maximum Gasteiger partial charge on any atom is 0.222 e. The van der Waals surface area contributed by atoms with Crippen LogP contribution in [0.5, 0.6) is 0 Å². The molecule has 0 saturated carbocycles. The molecule has 1 aromatic carbocycles. The van der Waals surface area contributed by atoms with Gasteiger partial charge in [0.15, 0.2) is 0 Å². The molecule has 2 nitrogen and oxygen atoms in total. The zero-order valence-corrected chi connectivity index (χ0v) is 7.01. The van der Waals surface area contributed by atoms with Gasteiger partial charge in [0, 0.05) is 5.56 Å². The van der Waals surface area contributed by atoms with Crippen LogP contribution in [0, 0.1) is 0 Å². The summed E-state index contributed by atoms with van der Waals surface area (Å²) in [6.07, 6.45) is 3.42. The Labute approximate surface area is 71.7 Å². The van der Waals surface area contributed by atoms with Crippen LogP contribution >= 0.6 is 0 Å². The van der Waals surface area contributed by atoms with Gasteiger partial charge in [-0.15, -0.1) is 0 Å². The molecule has 0 spiro atoms. The van der Waals surface area contributed by atoms with Crippen LogP contribution in [-0.4, -0.2) is 13.3 Å². The van der Waals surface area contributed by atoms with Gasteiger partial charge in [0.25, 0.3) is 0 Å². The molecule has 0 heterocycles. The predicted octanol–water partition coefficient (Wildman–Crippen LogP) is 1.11. The van der Waals surface area contributed by atoms with E-state index in [1.165, 1.54) is 0 Å². The molecule has 0 aromatic heterocycles. The molecule has 1 aliphatic rings. The highest BCUT2D eigenvalue weighted by Crippen LogP contribution is 2.18. The van der Waals surface area contributed by atoms with Gasteiger partial charge in [-0.05, 0) is 11.6 Å². The van der Waals surface area contributed by atoms with E-state index in [0.717, 1.165) is 11.1 Å². The normalized spacial score (nSPS) is 13.2. The molecule has 0 N–H and O–H groups in total. The lowest BCUT2D eigenvalue weighted by atomic mass is 10.1. The van der Waals surface area contributed by atoms with Gasteiger partial charge in [0.2, 0.25) is 10.3 Å². The Morgan fingerprint density at radius 1 is 1.00 bits per heavy atom. The summed E-state index contributed by atoms with van der Waals surface area (Å²) in [5, 5.41) is 0. The Balaban J connectivity index is 2.81. The fourth-order valence-corrected chi connectivity index (χ4v) is 1.81. The van der Waals surface area contributed by atoms with Gasteiger partial charge < -0.3 is 0 Å². The predicted molar refractivity (Wildman–Crippen MR) is 48.5 cm³/mol. The van der Waals surface area contributed by atoms with Crippen molar-refractivity contribution in [3.63, 3.8) is 0 Å². The van der Waals surface area contributed by atoms with Gasteiger partial charge in [0.05, 0.1) is 0 Å². The Bertz CT molecular complexity index is 473.